The number of hydrogen-bond donors (Lipinski definition) is 2. The highest BCUT2D eigenvalue weighted by Crippen LogP contribution is 2.19. The summed E-state index contributed by atoms with van der Waals surface area (Å²) in [5.74, 6) is -1.30. The standard InChI is InChI=1S/C22H28ClFN2O5/c1-5-17(26-9-8-13-6-7-14(23)10-15(13)21(26)30)20(29)25-16(18(27)12-24)11-19(28)31-22(2,3)4/h6-10,16-18,27H,5,11-12H2,1-4H3,(H,25,29)/t16?,17-,18?/m0/s1. The lowest BCUT2D eigenvalue weighted by molar-refractivity contribution is -0.156. The van der Waals surface area contributed by atoms with E-state index in [0.29, 0.717) is 15.8 Å². The first-order valence-corrected chi connectivity index (χ1v) is 10.4. The van der Waals surface area contributed by atoms with Crippen LogP contribution in [0.15, 0.2) is 35.3 Å². The molecule has 1 aromatic heterocycles. The number of nitrogens with zero attached hydrogens (tertiary/aromatic N) is 1. The number of halogens is 2. The molecule has 2 aromatic rings. The third kappa shape index (κ3) is 6.51. The highest BCUT2D eigenvalue weighted by molar-refractivity contribution is 6.31. The Hall–Kier alpha value is -2.45. The lowest BCUT2D eigenvalue weighted by Crippen LogP contribution is -2.49. The van der Waals surface area contributed by atoms with E-state index in [0.717, 1.165) is 0 Å². The van der Waals surface area contributed by atoms with Gasteiger partial charge in [0, 0.05) is 16.6 Å². The Bertz CT molecular complexity index is 1000. The van der Waals surface area contributed by atoms with E-state index in [-0.39, 0.29) is 6.42 Å². The summed E-state index contributed by atoms with van der Waals surface area (Å²) in [7, 11) is 0. The summed E-state index contributed by atoms with van der Waals surface area (Å²) in [6, 6.07) is 4.46. The number of carbonyl (C=O) groups is 2. The summed E-state index contributed by atoms with van der Waals surface area (Å²) >= 11 is 6.00. The number of rotatable bonds is 8. The Morgan fingerprint density at radius 3 is 2.55 bits per heavy atom. The second-order valence-electron chi connectivity index (χ2n) is 8.31. The number of amides is 1. The van der Waals surface area contributed by atoms with Gasteiger partial charge in [0.1, 0.15) is 24.4 Å². The lowest BCUT2D eigenvalue weighted by atomic mass is 10.1. The summed E-state index contributed by atoms with van der Waals surface area (Å²) in [6.07, 6.45) is -0.253. The van der Waals surface area contributed by atoms with Crippen molar-refractivity contribution in [3.05, 3.63) is 45.8 Å². The van der Waals surface area contributed by atoms with Crippen LogP contribution in [0.4, 0.5) is 4.39 Å². The van der Waals surface area contributed by atoms with Crippen molar-refractivity contribution in [3.8, 4) is 0 Å². The molecule has 2 rings (SSSR count). The normalized spacial score (nSPS) is 14.7. The van der Waals surface area contributed by atoms with E-state index in [1.54, 1.807) is 45.9 Å². The van der Waals surface area contributed by atoms with Crippen LogP contribution in [0.2, 0.25) is 5.02 Å². The average molecular weight is 455 g/mol. The summed E-state index contributed by atoms with van der Waals surface area (Å²) in [4.78, 5) is 38.0. The molecule has 0 saturated heterocycles. The van der Waals surface area contributed by atoms with Gasteiger partial charge in [-0.1, -0.05) is 24.6 Å². The molecule has 0 spiro atoms. The van der Waals surface area contributed by atoms with Crippen molar-refractivity contribution >= 4 is 34.2 Å². The highest BCUT2D eigenvalue weighted by atomic mass is 35.5. The van der Waals surface area contributed by atoms with E-state index in [2.05, 4.69) is 5.32 Å². The lowest BCUT2D eigenvalue weighted by Gasteiger charge is -2.27. The van der Waals surface area contributed by atoms with Crippen molar-refractivity contribution in [1.29, 1.82) is 0 Å². The second kappa shape index (κ2) is 10.2. The van der Waals surface area contributed by atoms with Crippen LogP contribution in [0.3, 0.4) is 0 Å². The van der Waals surface area contributed by atoms with E-state index in [9.17, 15) is 23.9 Å². The molecule has 0 saturated carbocycles. The van der Waals surface area contributed by atoms with Crippen LogP contribution in [-0.4, -0.2) is 46.0 Å². The van der Waals surface area contributed by atoms with E-state index in [1.807, 2.05) is 0 Å². The van der Waals surface area contributed by atoms with Gasteiger partial charge in [-0.2, -0.15) is 0 Å². The number of aliphatic hydroxyl groups excluding tert-OH is 1. The molecule has 7 nitrogen and oxygen atoms in total. The fraction of sp³-hybridized carbons (Fsp3) is 0.500. The molecule has 0 radical (unpaired) electrons. The van der Waals surface area contributed by atoms with Gasteiger partial charge in [-0.25, -0.2) is 4.39 Å². The van der Waals surface area contributed by atoms with Crippen LogP contribution in [0.1, 0.15) is 46.6 Å². The van der Waals surface area contributed by atoms with Gasteiger partial charge < -0.3 is 19.7 Å². The van der Waals surface area contributed by atoms with Gasteiger partial charge >= 0.3 is 5.97 Å². The molecule has 31 heavy (non-hydrogen) atoms. The first-order valence-electron chi connectivity index (χ1n) is 10.0. The number of aliphatic hydroxyl groups is 1. The molecule has 3 atom stereocenters. The largest absolute Gasteiger partial charge is 0.460 e. The van der Waals surface area contributed by atoms with E-state index in [4.69, 9.17) is 16.3 Å². The number of fused-ring (bicyclic) bond motifs is 1. The Morgan fingerprint density at radius 2 is 1.97 bits per heavy atom. The van der Waals surface area contributed by atoms with Crippen molar-refractivity contribution in [2.45, 2.75) is 64.3 Å². The SMILES string of the molecule is CC[C@@H](C(=O)NC(CC(=O)OC(C)(C)C)C(O)CF)n1ccc2ccc(Cl)cc2c1=O. The summed E-state index contributed by atoms with van der Waals surface area (Å²) in [5.41, 5.74) is -1.17. The molecule has 2 unspecified atom stereocenters. The predicted octanol–water partition coefficient (Wildman–Crippen LogP) is 3.15. The van der Waals surface area contributed by atoms with Gasteiger partial charge in [0.05, 0.1) is 12.5 Å². The monoisotopic (exact) mass is 454 g/mol. The molecule has 9 heteroatoms. The first-order chi connectivity index (χ1) is 14.5. The minimum Gasteiger partial charge on any atom is -0.460 e. The van der Waals surface area contributed by atoms with Crippen LogP contribution in [0, 0.1) is 0 Å². The maximum Gasteiger partial charge on any atom is 0.308 e. The third-order valence-electron chi connectivity index (χ3n) is 4.68. The summed E-state index contributed by atoms with van der Waals surface area (Å²) in [6.45, 7) is 5.59. The van der Waals surface area contributed by atoms with Crippen molar-refractivity contribution < 1.29 is 23.8 Å². The average Bonchev–Trinajstić information content (AvgIpc) is 2.68. The molecule has 0 aliphatic carbocycles. The smallest absolute Gasteiger partial charge is 0.308 e. The maximum atomic E-state index is 13.1. The number of alkyl halides is 1. The first kappa shape index (κ1) is 24.8. The number of hydrogen-bond acceptors (Lipinski definition) is 5. The fourth-order valence-electron chi connectivity index (χ4n) is 3.21. The van der Waals surface area contributed by atoms with Crippen molar-refractivity contribution in [3.63, 3.8) is 0 Å². The van der Waals surface area contributed by atoms with Gasteiger partial charge in [0.15, 0.2) is 0 Å². The molecule has 0 fully saturated rings. The number of pyridine rings is 1. The van der Waals surface area contributed by atoms with Gasteiger partial charge in [0.25, 0.3) is 5.56 Å². The molecule has 1 aromatic carbocycles. The van der Waals surface area contributed by atoms with Crippen molar-refractivity contribution in [2.75, 3.05) is 6.67 Å². The molecule has 170 valence electrons. The number of ether oxygens (including phenoxy) is 1. The second-order valence-corrected chi connectivity index (χ2v) is 8.75. The van der Waals surface area contributed by atoms with E-state index in [1.165, 1.54) is 16.8 Å². The number of carbonyl (C=O) groups excluding carboxylic acids is 2. The molecule has 0 bridgehead atoms. The van der Waals surface area contributed by atoms with Crippen LogP contribution >= 0.6 is 11.6 Å². The van der Waals surface area contributed by atoms with Crippen LogP contribution < -0.4 is 10.9 Å². The van der Waals surface area contributed by atoms with Gasteiger partial charge in [-0.15, -0.1) is 0 Å². The van der Waals surface area contributed by atoms with Crippen molar-refractivity contribution in [1.82, 2.24) is 9.88 Å². The minimum absolute atomic E-state index is 0.253. The van der Waals surface area contributed by atoms with Gasteiger partial charge in [-0.3, -0.25) is 14.4 Å². The zero-order valence-electron chi connectivity index (χ0n) is 18.0. The topological polar surface area (TPSA) is 97.6 Å². The molecule has 1 heterocycles. The molecule has 2 N–H and O–H groups in total. The quantitative estimate of drug-likeness (QED) is 0.597. The molecule has 1 amide bonds. The number of esters is 1. The molecular formula is C22H28ClFN2O5. The van der Waals surface area contributed by atoms with Crippen LogP contribution in [-0.2, 0) is 14.3 Å². The Morgan fingerprint density at radius 1 is 1.29 bits per heavy atom. The van der Waals surface area contributed by atoms with E-state index >= 15 is 0 Å². The molecular weight excluding hydrogens is 427 g/mol. The van der Waals surface area contributed by atoms with Crippen LogP contribution in [0.5, 0.6) is 0 Å². The van der Waals surface area contributed by atoms with Crippen LogP contribution in [0.25, 0.3) is 10.8 Å². The van der Waals surface area contributed by atoms with Gasteiger partial charge in [0.2, 0.25) is 5.91 Å². The predicted molar refractivity (Wildman–Crippen MR) is 117 cm³/mol. The Kier molecular flexibility index (Phi) is 8.20. The Labute approximate surface area is 185 Å². The molecule has 0 aliphatic rings. The number of aromatic nitrogens is 1. The fourth-order valence-corrected chi connectivity index (χ4v) is 3.38. The summed E-state index contributed by atoms with van der Waals surface area (Å²) < 4.78 is 19.6. The molecule has 0 aliphatic heterocycles. The minimum atomic E-state index is -1.60. The van der Waals surface area contributed by atoms with Crippen molar-refractivity contribution in [2.24, 2.45) is 0 Å². The zero-order chi connectivity index (χ0) is 23.3. The Balaban J connectivity index is 2.29. The maximum absolute atomic E-state index is 13.1. The number of nitrogens with one attached hydrogen (secondary N) is 1. The zero-order valence-corrected chi connectivity index (χ0v) is 18.8. The summed E-state index contributed by atoms with van der Waals surface area (Å²) in [5, 5.41) is 13.9. The number of benzene rings is 1. The van der Waals surface area contributed by atoms with E-state index < -0.39 is 54.3 Å². The third-order valence-corrected chi connectivity index (χ3v) is 4.91. The highest BCUT2D eigenvalue weighted by Gasteiger charge is 2.30. The van der Waals surface area contributed by atoms with Gasteiger partial charge in [-0.05, 0) is 50.8 Å².